The molecule has 30 heavy (non-hydrogen) atoms. The summed E-state index contributed by atoms with van der Waals surface area (Å²) in [5.74, 6) is -2.62. The van der Waals surface area contributed by atoms with Crippen molar-refractivity contribution in [2.24, 2.45) is 0 Å². The van der Waals surface area contributed by atoms with Gasteiger partial charge in [-0.25, -0.2) is 0 Å². The van der Waals surface area contributed by atoms with Gasteiger partial charge in [-0.15, -0.1) is 0 Å². The van der Waals surface area contributed by atoms with Gasteiger partial charge in [0.15, 0.2) is 6.23 Å². The Balaban J connectivity index is 1.80. The molecule has 164 valence electrons. The van der Waals surface area contributed by atoms with E-state index in [1.54, 1.807) is 30.3 Å². The van der Waals surface area contributed by atoms with Crippen LogP contribution in [0.15, 0.2) is 30.3 Å². The Labute approximate surface area is 185 Å². The highest BCUT2D eigenvalue weighted by molar-refractivity contribution is 14.1. The van der Waals surface area contributed by atoms with E-state index in [1.165, 1.54) is 6.92 Å². The van der Waals surface area contributed by atoms with Crippen LogP contribution >= 0.6 is 22.6 Å². The first-order valence-electron chi connectivity index (χ1n) is 9.66. The minimum Gasteiger partial charge on any atom is -0.352 e. The van der Waals surface area contributed by atoms with Gasteiger partial charge < -0.3 is 9.64 Å². The minimum absolute atomic E-state index is 0.108. The first-order valence-corrected chi connectivity index (χ1v) is 10.9. The largest absolute Gasteiger partial charge is 0.471 e. The van der Waals surface area contributed by atoms with E-state index in [2.05, 4.69) is 22.6 Å². The summed E-state index contributed by atoms with van der Waals surface area (Å²) >= 11 is 2.09. The van der Waals surface area contributed by atoms with E-state index >= 15 is 0 Å². The Hall–Kier alpha value is -1.69. The molecule has 0 N–H and O–H groups in total. The fourth-order valence-electron chi connectivity index (χ4n) is 3.78. The first-order chi connectivity index (χ1) is 14.1. The number of halogens is 4. The fraction of sp³-hybridized carbons (Fsp3) is 0.550. The average molecular weight is 538 g/mol. The molecule has 0 bridgehead atoms. The lowest BCUT2D eigenvalue weighted by molar-refractivity contribution is -0.193. The van der Waals surface area contributed by atoms with Gasteiger partial charge in [0.2, 0.25) is 11.8 Å². The number of hydrogen-bond acceptors (Lipinski definition) is 4. The zero-order chi connectivity index (χ0) is 22.1. The number of imide groups is 1. The number of rotatable bonds is 5. The van der Waals surface area contributed by atoms with Gasteiger partial charge in [-0.1, -0.05) is 52.9 Å². The van der Waals surface area contributed by atoms with Crippen molar-refractivity contribution < 1.29 is 32.3 Å². The number of ether oxygens (including phenoxy) is 1. The predicted molar refractivity (Wildman–Crippen MR) is 109 cm³/mol. The summed E-state index contributed by atoms with van der Waals surface area (Å²) < 4.78 is 45.6. The number of nitrogens with zero attached hydrogens (tertiary/aromatic N) is 2. The van der Waals surface area contributed by atoms with Gasteiger partial charge in [0, 0.05) is 19.4 Å². The zero-order valence-electron chi connectivity index (χ0n) is 16.3. The summed E-state index contributed by atoms with van der Waals surface area (Å²) in [6, 6.07) is 7.63. The SMILES string of the molecule is C[C@H](c1ccccc1)N(C[C@@H]1CC[C@H](I)[C@@H](N2C(=O)CCC2=O)O1)C(=O)C(F)(F)F. The molecule has 3 amide bonds. The van der Waals surface area contributed by atoms with E-state index in [0.717, 1.165) is 9.80 Å². The van der Waals surface area contributed by atoms with Crippen molar-refractivity contribution in [2.75, 3.05) is 6.54 Å². The Bertz CT molecular complexity index is 789. The van der Waals surface area contributed by atoms with Crippen LogP contribution in [0.2, 0.25) is 0 Å². The lowest BCUT2D eigenvalue weighted by Crippen LogP contribution is -2.54. The van der Waals surface area contributed by atoms with Gasteiger partial charge in [-0.3, -0.25) is 19.3 Å². The Kier molecular flexibility index (Phi) is 7.05. The molecule has 6 nitrogen and oxygen atoms in total. The lowest BCUT2D eigenvalue weighted by atomic mass is 10.0. The number of alkyl halides is 4. The van der Waals surface area contributed by atoms with Gasteiger partial charge in [-0.2, -0.15) is 13.2 Å². The van der Waals surface area contributed by atoms with Crippen LogP contribution in [0.3, 0.4) is 0 Å². The molecule has 0 saturated carbocycles. The normalized spacial score (nSPS) is 26.0. The van der Waals surface area contributed by atoms with Crippen molar-refractivity contribution in [2.45, 2.75) is 61.1 Å². The highest BCUT2D eigenvalue weighted by Crippen LogP contribution is 2.34. The van der Waals surface area contributed by atoms with E-state index in [4.69, 9.17) is 4.74 Å². The minimum atomic E-state index is -5.02. The zero-order valence-corrected chi connectivity index (χ0v) is 18.4. The highest BCUT2D eigenvalue weighted by Gasteiger charge is 2.47. The van der Waals surface area contributed by atoms with Crippen molar-refractivity contribution in [1.82, 2.24) is 9.80 Å². The van der Waals surface area contributed by atoms with Gasteiger partial charge in [0.25, 0.3) is 0 Å². The van der Waals surface area contributed by atoms with E-state index in [-0.39, 0.29) is 35.1 Å². The maximum atomic E-state index is 13.3. The molecule has 2 aliphatic heterocycles. The number of amides is 3. The number of benzene rings is 1. The number of carbonyl (C=O) groups excluding carboxylic acids is 3. The van der Waals surface area contributed by atoms with E-state index < -0.39 is 30.5 Å². The molecule has 4 atom stereocenters. The molecule has 2 fully saturated rings. The van der Waals surface area contributed by atoms with Crippen molar-refractivity contribution in [1.29, 1.82) is 0 Å². The quantitative estimate of drug-likeness (QED) is 0.327. The molecule has 2 saturated heterocycles. The third-order valence-corrected chi connectivity index (χ3v) is 6.64. The molecule has 0 radical (unpaired) electrons. The van der Waals surface area contributed by atoms with Crippen molar-refractivity contribution in [3.05, 3.63) is 35.9 Å². The van der Waals surface area contributed by atoms with Gasteiger partial charge >= 0.3 is 12.1 Å². The van der Waals surface area contributed by atoms with Crippen molar-refractivity contribution in [3.8, 4) is 0 Å². The fourth-order valence-corrected chi connectivity index (χ4v) is 4.63. The standard InChI is InChI=1S/C20H22F3IN2O4/c1-12(13-5-3-2-4-6-13)25(19(29)20(21,22)23)11-14-7-8-15(24)18(30-14)26-16(27)9-10-17(26)28/h2-6,12,14-15,18H,7-11H2,1H3/t12-,14+,15+,18+/m1/s1. The summed E-state index contributed by atoms with van der Waals surface area (Å²) in [5.41, 5.74) is 0.569. The predicted octanol–water partition coefficient (Wildman–Crippen LogP) is 3.60. The maximum Gasteiger partial charge on any atom is 0.471 e. The van der Waals surface area contributed by atoms with Crippen LogP contribution in [0, 0.1) is 0 Å². The van der Waals surface area contributed by atoms with Crippen molar-refractivity contribution >= 4 is 40.3 Å². The smallest absolute Gasteiger partial charge is 0.352 e. The molecule has 0 aromatic heterocycles. The second-order valence-corrected chi connectivity index (χ2v) is 9.04. The molecule has 10 heteroatoms. The number of carbonyl (C=O) groups is 3. The molecular formula is C20H22F3IN2O4. The van der Waals surface area contributed by atoms with Gasteiger partial charge in [-0.05, 0) is 25.3 Å². The highest BCUT2D eigenvalue weighted by atomic mass is 127. The van der Waals surface area contributed by atoms with Crippen molar-refractivity contribution in [3.63, 3.8) is 0 Å². The summed E-state index contributed by atoms with van der Waals surface area (Å²) in [6.07, 6.45) is -5.39. The Morgan fingerprint density at radius 2 is 1.80 bits per heavy atom. The van der Waals surface area contributed by atoms with Crippen LogP contribution in [0.1, 0.15) is 44.2 Å². The van der Waals surface area contributed by atoms with Crippen LogP contribution in [0.5, 0.6) is 0 Å². The Morgan fingerprint density at radius 3 is 2.37 bits per heavy atom. The van der Waals surface area contributed by atoms with E-state index in [0.29, 0.717) is 18.4 Å². The first kappa shape index (κ1) is 23.0. The average Bonchev–Trinajstić information content (AvgIpc) is 3.04. The van der Waals surface area contributed by atoms with Crippen LogP contribution < -0.4 is 0 Å². The van der Waals surface area contributed by atoms with Crippen LogP contribution in [0.4, 0.5) is 13.2 Å². The summed E-state index contributed by atoms with van der Waals surface area (Å²) in [6.45, 7) is 1.25. The van der Waals surface area contributed by atoms with Gasteiger partial charge in [0.05, 0.1) is 16.1 Å². The number of hydrogen-bond donors (Lipinski definition) is 0. The summed E-state index contributed by atoms with van der Waals surface area (Å²) in [7, 11) is 0. The molecule has 2 aliphatic rings. The molecule has 2 heterocycles. The molecule has 0 spiro atoms. The molecule has 1 aromatic carbocycles. The third kappa shape index (κ3) is 4.96. The van der Waals surface area contributed by atoms with Gasteiger partial charge in [0.1, 0.15) is 0 Å². The molecular weight excluding hydrogens is 516 g/mol. The lowest BCUT2D eigenvalue weighted by Gasteiger charge is -2.40. The summed E-state index contributed by atoms with van der Waals surface area (Å²) in [5, 5.41) is 0. The van der Waals surface area contributed by atoms with Crippen LogP contribution in [-0.4, -0.2) is 56.5 Å². The molecule has 0 aliphatic carbocycles. The van der Waals surface area contributed by atoms with E-state index in [9.17, 15) is 27.6 Å². The molecule has 0 unspecified atom stereocenters. The third-order valence-electron chi connectivity index (χ3n) is 5.40. The second kappa shape index (κ2) is 9.21. The topological polar surface area (TPSA) is 66.9 Å². The maximum absolute atomic E-state index is 13.3. The molecule has 3 rings (SSSR count). The van der Waals surface area contributed by atoms with Crippen LogP contribution in [0.25, 0.3) is 0 Å². The van der Waals surface area contributed by atoms with E-state index in [1.807, 2.05) is 0 Å². The molecule has 1 aromatic rings. The Morgan fingerprint density at radius 1 is 1.20 bits per heavy atom. The summed E-state index contributed by atoms with van der Waals surface area (Å²) in [4.78, 5) is 38.2. The monoisotopic (exact) mass is 538 g/mol. The van der Waals surface area contributed by atoms with Crippen LogP contribution in [-0.2, 0) is 19.1 Å². The number of likely N-dealkylation sites (tertiary alicyclic amines) is 1. The second-order valence-electron chi connectivity index (χ2n) is 7.44.